The molecule has 0 saturated carbocycles. The summed E-state index contributed by atoms with van der Waals surface area (Å²) < 4.78 is 11.3. The molecular weight excluding hydrogens is 212 g/mol. The van der Waals surface area contributed by atoms with Gasteiger partial charge in [-0.15, -0.1) is 13.2 Å². The van der Waals surface area contributed by atoms with Crippen molar-refractivity contribution in [1.82, 2.24) is 0 Å². The van der Waals surface area contributed by atoms with Crippen LogP contribution in [0.4, 0.5) is 0 Å². The number of unbranched alkanes of at least 4 members (excludes halogenated alkanes) is 2. The number of rotatable bonds is 12. The van der Waals surface area contributed by atoms with Crippen molar-refractivity contribution in [2.75, 3.05) is 26.4 Å². The van der Waals surface area contributed by atoms with Gasteiger partial charge in [-0.3, -0.25) is 0 Å². The van der Waals surface area contributed by atoms with E-state index in [1.165, 1.54) is 0 Å². The molecule has 0 saturated heterocycles. The van der Waals surface area contributed by atoms with Crippen molar-refractivity contribution in [3.63, 3.8) is 0 Å². The predicted octanol–water partition coefficient (Wildman–Crippen LogP) is 3.98. The molecule has 0 heterocycles. The Bertz CT molecular complexity index is 177. The van der Waals surface area contributed by atoms with Gasteiger partial charge in [-0.2, -0.15) is 0 Å². The van der Waals surface area contributed by atoms with Crippen LogP contribution in [0.3, 0.4) is 0 Å². The summed E-state index contributed by atoms with van der Waals surface area (Å²) in [6, 6.07) is 0. The van der Waals surface area contributed by atoms with Crippen LogP contribution in [0, 0.1) is 5.41 Å². The van der Waals surface area contributed by atoms with Crippen molar-refractivity contribution < 1.29 is 9.47 Å². The van der Waals surface area contributed by atoms with Gasteiger partial charge >= 0.3 is 0 Å². The molecule has 2 heteroatoms. The summed E-state index contributed by atoms with van der Waals surface area (Å²) in [6.07, 6.45) is 8.02. The second-order valence-electron chi connectivity index (χ2n) is 5.13. The van der Waals surface area contributed by atoms with Gasteiger partial charge in [0.15, 0.2) is 0 Å². The third-order valence-electron chi connectivity index (χ3n) is 2.38. The van der Waals surface area contributed by atoms with E-state index in [9.17, 15) is 0 Å². The molecule has 0 aliphatic heterocycles. The molecule has 0 aliphatic rings. The van der Waals surface area contributed by atoms with Crippen LogP contribution in [-0.4, -0.2) is 26.4 Å². The lowest BCUT2D eigenvalue weighted by molar-refractivity contribution is -0.00411. The van der Waals surface area contributed by atoms with Crippen LogP contribution in [-0.2, 0) is 9.47 Å². The van der Waals surface area contributed by atoms with Gasteiger partial charge in [-0.05, 0) is 25.7 Å². The minimum Gasteiger partial charge on any atom is -0.381 e. The molecule has 0 bridgehead atoms. The van der Waals surface area contributed by atoms with Crippen LogP contribution in [0.5, 0.6) is 0 Å². The Morgan fingerprint density at radius 3 is 1.65 bits per heavy atom. The molecule has 0 amide bonds. The number of hydrogen-bond donors (Lipinski definition) is 0. The van der Waals surface area contributed by atoms with Gasteiger partial charge in [0.05, 0.1) is 13.2 Å². The minimum absolute atomic E-state index is 0.0996. The molecule has 0 rings (SSSR count). The summed E-state index contributed by atoms with van der Waals surface area (Å²) in [5, 5.41) is 0. The van der Waals surface area contributed by atoms with Crippen LogP contribution in [0.2, 0.25) is 0 Å². The quantitative estimate of drug-likeness (QED) is 0.379. The van der Waals surface area contributed by atoms with E-state index in [0.717, 1.165) is 52.1 Å². The lowest BCUT2D eigenvalue weighted by atomic mass is 9.96. The van der Waals surface area contributed by atoms with E-state index in [-0.39, 0.29) is 5.41 Å². The summed E-state index contributed by atoms with van der Waals surface area (Å²) in [7, 11) is 0. The highest BCUT2D eigenvalue weighted by Crippen LogP contribution is 2.16. The van der Waals surface area contributed by atoms with E-state index in [4.69, 9.17) is 9.47 Å². The first-order valence-electron chi connectivity index (χ1n) is 6.49. The molecule has 2 nitrogen and oxygen atoms in total. The zero-order chi connectivity index (χ0) is 13.0. The molecule has 0 aliphatic carbocycles. The maximum absolute atomic E-state index is 5.63. The maximum Gasteiger partial charge on any atom is 0.0539 e. The SMILES string of the molecule is C=CCCCOCC(C)(C)COCCCC=C. The van der Waals surface area contributed by atoms with Crippen LogP contribution < -0.4 is 0 Å². The van der Waals surface area contributed by atoms with Crippen molar-refractivity contribution in [2.45, 2.75) is 39.5 Å². The van der Waals surface area contributed by atoms with Crippen LogP contribution in [0.25, 0.3) is 0 Å². The van der Waals surface area contributed by atoms with E-state index >= 15 is 0 Å². The second kappa shape index (κ2) is 10.5. The molecule has 0 fully saturated rings. The van der Waals surface area contributed by atoms with E-state index in [2.05, 4.69) is 27.0 Å². The molecule has 0 unspecified atom stereocenters. The molecule has 0 radical (unpaired) electrons. The Kier molecular flexibility index (Phi) is 10.2. The summed E-state index contributed by atoms with van der Waals surface area (Å²) >= 11 is 0. The van der Waals surface area contributed by atoms with Crippen molar-refractivity contribution >= 4 is 0 Å². The fourth-order valence-corrected chi connectivity index (χ4v) is 1.40. The first-order chi connectivity index (χ1) is 8.12. The van der Waals surface area contributed by atoms with Crippen molar-refractivity contribution in [2.24, 2.45) is 5.41 Å². The van der Waals surface area contributed by atoms with Gasteiger partial charge in [-0.25, -0.2) is 0 Å². The van der Waals surface area contributed by atoms with Gasteiger partial charge in [0, 0.05) is 18.6 Å². The van der Waals surface area contributed by atoms with E-state index < -0.39 is 0 Å². The van der Waals surface area contributed by atoms with Crippen molar-refractivity contribution in [1.29, 1.82) is 0 Å². The molecule has 0 N–H and O–H groups in total. The molecule has 100 valence electrons. The van der Waals surface area contributed by atoms with Gasteiger partial charge in [0.2, 0.25) is 0 Å². The van der Waals surface area contributed by atoms with Crippen molar-refractivity contribution in [3.05, 3.63) is 25.3 Å². The predicted molar refractivity (Wildman–Crippen MR) is 74.3 cm³/mol. The van der Waals surface area contributed by atoms with Crippen LogP contribution in [0.1, 0.15) is 39.5 Å². The Labute approximate surface area is 107 Å². The summed E-state index contributed by atoms with van der Waals surface area (Å²) in [4.78, 5) is 0. The minimum atomic E-state index is 0.0996. The summed E-state index contributed by atoms with van der Waals surface area (Å²) in [6.45, 7) is 14.9. The molecule has 0 aromatic carbocycles. The first-order valence-corrected chi connectivity index (χ1v) is 6.49. The third kappa shape index (κ3) is 11.7. The smallest absolute Gasteiger partial charge is 0.0539 e. The summed E-state index contributed by atoms with van der Waals surface area (Å²) in [5.41, 5.74) is 0.0996. The van der Waals surface area contributed by atoms with E-state index in [1.807, 2.05) is 12.2 Å². The molecule has 0 aromatic heterocycles. The van der Waals surface area contributed by atoms with Crippen molar-refractivity contribution in [3.8, 4) is 0 Å². The molecule has 0 atom stereocenters. The van der Waals surface area contributed by atoms with Crippen LogP contribution in [0.15, 0.2) is 25.3 Å². The van der Waals surface area contributed by atoms with Crippen LogP contribution >= 0.6 is 0 Å². The Hall–Kier alpha value is -0.600. The maximum atomic E-state index is 5.63. The molecular formula is C15H28O2. The highest BCUT2D eigenvalue weighted by molar-refractivity contribution is 4.69. The molecule has 0 spiro atoms. The number of hydrogen-bond acceptors (Lipinski definition) is 2. The standard InChI is InChI=1S/C15H28O2/c1-5-7-9-11-16-13-15(3,4)14-17-12-10-8-6-2/h5-6H,1-2,7-14H2,3-4H3. The average molecular weight is 240 g/mol. The van der Waals surface area contributed by atoms with Gasteiger partial charge in [0.1, 0.15) is 0 Å². The van der Waals surface area contributed by atoms with E-state index in [1.54, 1.807) is 0 Å². The fraction of sp³-hybridized carbons (Fsp3) is 0.733. The zero-order valence-electron chi connectivity index (χ0n) is 11.5. The topological polar surface area (TPSA) is 18.5 Å². The largest absolute Gasteiger partial charge is 0.381 e. The second-order valence-corrected chi connectivity index (χ2v) is 5.13. The lowest BCUT2D eigenvalue weighted by Gasteiger charge is -2.24. The average Bonchev–Trinajstić information content (AvgIpc) is 2.28. The monoisotopic (exact) mass is 240 g/mol. The Morgan fingerprint density at radius 2 is 1.29 bits per heavy atom. The lowest BCUT2D eigenvalue weighted by Crippen LogP contribution is -2.26. The molecule has 17 heavy (non-hydrogen) atoms. The van der Waals surface area contributed by atoms with E-state index in [0.29, 0.717) is 0 Å². The zero-order valence-corrected chi connectivity index (χ0v) is 11.5. The summed E-state index contributed by atoms with van der Waals surface area (Å²) in [5.74, 6) is 0. The van der Waals surface area contributed by atoms with Gasteiger partial charge in [-0.1, -0.05) is 26.0 Å². The number of ether oxygens (including phenoxy) is 2. The highest BCUT2D eigenvalue weighted by atomic mass is 16.5. The highest BCUT2D eigenvalue weighted by Gasteiger charge is 2.18. The number of allylic oxidation sites excluding steroid dienone is 2. The Balaban J connectivity index is 3.44. The van der Waals surface area contributed by atoms with Gasteiger partial charge < -0.3 is 9.47 Å². The normalized spacial score (nSPS) is 11.4. The fourth-order valence-electron chi connectivity index (χ4n) is 1.40. The Morgan fingerprint density at radius 1 is 0.882 bits per heavy atom. The first kappa shape index (κ1) is 16.4. The van der Waals surface area contributed by atoms with Gasteiger partial charge in [0.25, 0.3) is 0 Å². The third-order valence-corrected chi connectivity index (χ3v) is 2.38. The molecule has 0 aromatic rings.